The molecule has 2 aromatic rings. The summed E-state index contributed by atoms with van der Waals surface area (Å²) in [6.45, 7) is 8.34. The van der Waals surface area contributed by atoms with Gasteiger partial charge in [0.05, 0.1) is 31.4 Å². The van der Waals surface area contributed by atoms with E-state index in [0.717, 1.165) is 36.4 Å². The lowest BCUT2D eigenvalue weighted by atomic mass is 9.95. The summed E-state index contributed by atoms with van der Waals surface area (Å²) in [4.78, 5) is 30.2. The maximum Gasteiger partial charge on any atom is 0.295 e. The van der Waals surface area contributed by atoms with Gasteiger partial charge in [-0.15, -0.1) is 0 Å². The third-order valence-corrected chi connectivity index (χ3v) is 6.65. The van der Waals surface area contributed by atoms with Crippen molar-refractivity contribution in [2.75, 3.05) is 46.0 Å². The van der Waals surface area contributed by atoms with Crippen LogP contribution in [0.4, 0.5) is 0 Å². The molecule has 1 N–H and O–H groups in total. The van der Waals surface area contributed by atoms with E-state index in [1.807, 2.05) is 13.8 Å². The van der Waals surface area contributed by atoms with Crippen LogP contribution in [0.1, 0.15) is 36.1 Å². The molecule has 4 rings (SSSR count). The Hall–Kier alpha value is -2.87. The van der Waals surface area contributed by atoms with Crippen LogP contribution in [0, 0.1) is 6.92 Å². The quantitative estimate of drug-likeness (QED) is 0.334. The lowest BCUT2D eigenvalue weighted by Gasteiger charge is -2.31. The number of ketones is 1. The molecule has 2 saturated heterocycles. The average Bonchev–Trinajstić information content (AvgIpc) is 3.12. The number of benzene rings is 2. The normalized spacial score (nSPS) is 20.4. The van der Waals surface area contributed by atoms with E-state index < -0.39 is 17.7 Å². The van der Waals surface area contributed by atoms with Crippen LogP contribution in [0.3, 0.4) is 0 Å². The van der Waals surface area contributed by atoms with Crippen LogP contribution in [0.2, 0.25) is 5.02 Å². The van der Waals surface area contributed by atoms with Crippen molar-refractivity contribution in [1.29, 1.82) is 0 Å². The second kappa shape index (κ2) is 11.2. The highest BCUT2D eigenvalue weighted by atomic mass is 35.5. The monoisotopic (exact) mass is 498 g/mol. The zero-order valence-corrected chi connectivity index (χ0v) is 20.9. The predicted molar refractivity (Wildman–Crippen MR) is 135 cm³/mol. The molecule has 35 heavy (non-hydrogen) atoms. The summed E-state index contributed by atoms with van der Waals surface area (Å²) >= 11 is 6.10. The van der Waals surface area contributed by atoms with Crippen molar-refractivity contribution in [1.82, 2.24) is 9.80 Å². The number of hydrogen-bond donors (Lipinski definition) is 1. The summed E-state index contributed by atoms with van der Waals surface area (Å²) in [5.41, 5.74) is 2.11. The number of halogens is 1. The van der Waals surface area contributed by atoms with Crippen molar-refractivity contribution in [3.05, 3.63) is 69.8 Å². The van der Waals surface area contributed by atoms with E-state index in [1.54, 1.807) is 47.4 Å². The van der Waals surface area contributed by atoms with Gasteiger partial charge in [0.25, 0.3) is 11.7 Å². The first-order chi connectivity index (χ1) is 16.9. The number of carbonyl (C=O) groups is 2. The van der Waals surface area contributed by atoms with Crippen molar-refractivity contribution in [2.45, 2.75) is 26.3 Å². The SMILES string of the molecule is CCCOc1ccc(/C(O)=C2\C(=O)C(=O)N(CCN3CCOCC3)C2c2ccc(Cl)cc2)cc1C. The number of ether oxygens (including phenoxy) is 2. The number of nitrogens with zero attached hydrogens (tertiary/aromatic N) is 2. The van der Waals surface area contributed by atoms with E-state index in [4.69, 9.17) is 21.1 Å². The summed E-state index contributed by atoms with van der Waals surface area (Å²) in [5, 5.41) is 11.9. The topological polar surface area (TPSA) is 79.3 Å². The number of aliphatic hydroxyl groups excluding tert-OH is 1. The number of aliphatic hydroxyl groups is 1. The van der Waals surface area contributed by atoms with Crippen LogP contribution in [0.25, 0.3) is 5.76 Å². The highest BCUT2D eigenvalue weighted by Gasteiger charge is 2.46. The Kier molecular flexibility index (Phi) is 8.11. The lowest BCUT2D eigenvalue weighted by molar-refractivity contribution is -0.140. The number of Topliss-reactive ketones (excluding diaryl/α,β-unsaturated/α-hetero) is 1. The van der Waals surface area contributed by atoms with Gasteiger partial charge in [-0.1, -0.05) is 30.7 Å². The van der Waals surface area contributed by atoms with Gasteiger partial charge >= 0.3 is 0 Å². The molecule has 0 aromatic heterocycles. The van der Waals surface area contributed by atoms with Crippen molar-refractivity contribution >= 4 is 29.1 Å². The summed E-state index contributed by atoms with van der Waals surface area (Å²) in [6, 6.07) is 11.6. The highest BCUT2D eigenvalue weighted by Crippen LogP contribution is 2.40. The minimum atomic E-state index is -0.704. The number of aryl methyl sites for hydroxylation is 1. The molecule has 2 aliphatic heterocycles. The van der Waals surface area contributed by atoms with Crippen LogP contribution >= 0.6 is 11.6 Å². The third kappa shape index (κ3) is 5.53. The molecule has 1 atom stereocenters. The Morgan fingerprint density at radius 3 is 2.49 bits per heavy atom. The molecular weight excluding hydrogens is 468 g/mol. The van der Waals surface area contributed by atoms with Crippen molar-refractivity contribution < 1.29 is 24.2 Å². The molecule has 2 aromatic carbocycles. The number of likely N-dealkylation sites (tertiary alicyclic amines) is 1. The van der Waals surface area contributed by atoms with E-state index in [1.165, 1.54) is 0 Å². The standard InChI is InChI=1S/C27H31ClN2O5/c1-3-14-35-22-9-6-20(17-18(22)2)25(31)23-24(19-4-7-21(28)8-5-19)30(27(33)26(23)32)11-10-29-12-15-34-16-13-29/h4-9,17,24,31H,3,10-16H2,1-2H3/b25-23+. The van der Waals surface area contributed by atoms with Gasteiger partial charge in [0, 0.05) is 36.8 Å². The summed E-state index contributed by atoms with van der Waals surface area (Å²) in [7, 11) is 0. The van der Waals surface area contributed by atoms with Crippen molar-refractivity contribution in [3.8, 4) is 5.75 Å². The zero-order valence-electron chi connectivity index (χ0n) is 20.1. The molecule has 1 unspecified atom stereocenters. The molecule has 186 valence electrons. The Morgan fingerprint density at radius 1 is 1.11 bits per heavy atom. The molecular formula is C27H31ClN2O5. The Morgan fingerprint density at radius 2 is 1.83 bits per heavy atom. The molecule has 7 nitrogen and oxygen atoms in total. The molecule has 0 saturated carbocycles. The van der Waals surface area contributed by atoms with Crippen LogP contribution < -0.4 is 4.74 Å². The second-order valence-corrected chi connectivity index (χ2v) is 9.26. The largest absolute Gasteiger partial charge is 0.507 e. The molecule has 0 bridgehead atoms. The number of morpholine rings is 1. The zero-order chi connectivity index (χ0) is 24.9. The van der Waals surface area contributed by atoms with E-state index >= 15 is 0 Å². The van der Waals surface area contributed by atoms with E-state index in [-0.39, 0.29) is 11.3 Å². The maximum absolute atomic E-state index is 13.2. The summed E-state index contributed by atoms with van der Waals surface area (Å²) < 4.78 is 11.1. The summed E-state index contributed by atoms with van der Waals surface area (Å²) in [5.74, 6) is -0.765. The van der Waals surface area contributed by atoms with Gasteiger partial charge in [-0.05, 0) is 54.8 Å². The highest BCUT2D eigenvalue weighted by molar-refractivity contribution is 6.46. The van der Waals surface area contributed by atoms with Gasteiger partial charge in [-0.25, -0.2) is 0 Å². The molecule has 8 heteroatoms. The third-order valence-electron chi connectivity index (χ3n) is 6.40. The number of amides is 1. The van der Waals surface area contributed by atoms with Gasteiger partial charge in [0.2, 0.25) is 0 Å². The van der Waals surface area contributed by atoms with Crippen molar-refractivity contribution in [2.24, 2.45) is 0 Å². The van der Waals surface area contributed by atoms with Gasteiger partial charge in [-0.3, -0.25) is 14.5 Å². The molecule has 2 aliphatic rings. The van der Waals surface area contributed by atoms with Crippen LogP contribution in [-0.2, 0) is 14.3 Å². The number of rotatable bonds is 8. The first-order valence-electron chi connectivity index (χ1n) is 12.0. The second-order valence-electron chi connectivity index (χ2n) is 8.83. The minimum Gasteiger partial charge on any atom is -0.507 e. The smallest absolute Gasteiger partial charge is 0.295 e. The van der Waals surface area contributed by atoms with E-state index in [0.29, 0.717) is 43.5 Å². The van der Waals surface area contributed by atoms with E-state index in [2.05, 4.69) is 4.90 Å². The minimum absolute atomic E-state index is 0.0842. The van der Waals surface area contributed by atoms with Crippen LogP contribution in [0.5, 0.6) is 5.75 Å². The Balaban J connectivity index is 1.71. The predicted octanol–water partition coefficient (Wildman–Crippen LogP) is 4.19. The lowest BCUT2D eigenvalue weighted by Crippen LogP contribution is -2.42. The molecule has 0 radical (unpaired) electrons. The fourth-order valence-electron chi connectivity index (χ4n) is 4.50. The molecule has 0 aliphatic carbocycles. The van der Waals surface area contributed by atoms with Gasteiger partial charge in [0.1, 0.15) is 11.5 Å². The van der Waals surface area contributed by atoms with Crippen LogP contribution in [0.15, 0.2) is 48.0 Å². The number of carbonyl (C=O) groups excluding carboxylic acids is 2. The van der Waals surface area contributed by atoms with Crippen molar-refractivity contribution in [3.63, 3.8) is 0 Å². The first kappa shape index (κ1) is 25.2. The molecule has 1 amide bonds. The molecule has 2 heterocycles. The maximum atomic E-state index is 13.2. The molecule has 0 spiro atoms. The number of hydrogen-bond acceptors (Lipinski definition) is 6. The van der Waals surface area contributed by atoms with Gasteiger partial charge in [-0.2, -0.15) is 0 Å². The Bertz CT molecular complexity index is 1110. The van der Waals surface area contributed by atoms with Gasteiger partial charge in [0.15, 0.2) is 0 Å². The average molecular weight is 499 g/mol. The fraction of sp³-hybridized carbons (Fsp3) is 0.407. The Labute approximate surface area is 210 Å². The fourth-order valence-corrected chi connectivity index (χ4v) is 4.63. The molecule has 2 fully saturated rings. The summed E-state index contributed by atoms with van der Waals surface area (Å²) in [6.07, 6.45) is 0.885. The van der Waals surface area contributed by atoms with E-state index in [9.17, 15) is 14.7 Å². The van der Waals surface area contributed by atoms with Gasteiger partial charge < -0.3 is 19.5 Å². The first-order valence-corrected chi connectivity index (χ1v) is 12.4. The van der Waals surface area contributed by atoms with Crippen LogP contribution in [-0.4, -0.2) is 72.6 Å².